The zero-order valence-corrected chi connectivity index (χ0v) is 22.0. The van der Waals surface area contributed by atoms with Crippen LogP contribution in [0.2, 0.25) is 0 Å². The van der Waals surface area contributed by atoms with Gasteiger partial charge in [-0.3, -0.25) is 15.5 Å². The fourth-order valence-corrected chi connectivity index (χ4v) is 4.19. The molecule has 1 aliphatic rings. The third-order valence-corrected chi connectivity index (χ3v) is 6.40. The van der Waals surface area contributed by atoms with E-state index in [9.17, 15) is 14.4 Å². The number of benzene rings is 3. The van der Waals surface area contributed by atoms with E-state index in [0.29, 0.717) is 12.8 Å². The summed E-state index contributed by atoms with van der Waals surface area (Å²) >= 11 is 0. The summed E-state index contributed by atoms with van der Waals surface area (Å²) < 4.78 is 10.6. The molecule has 0 aromatic heterocycles. The monoisotopic (exact) mass is 540 g/mol. The summed E-state index contributed by atoms with van der Waals surface area (Å²) in [5.74, 6) is -0.770. The Balaban J connectivity index is 1.33. The zero-order valence-electron chi connectivity index (χ0n) is 22.0. The molecule has 3 aromatic rings. The molecule has 1 aliphatic heterocycles. The molecule has 0 spiro atoms. The number of nitrogens with one attached hydrogen (secondary N) is 3. The van der Waals surface area contributed by atoms with Crippen LogP contribution in [0.15, 0.2) is 97.1 Å². The molecular formula is C31H32N4O5. The zero-order chi connectivity index (χ0) is 28.2. The SMILES string of the molecule is N=C(NC(=O)OCc1ccccc1)N(CCC[C@H]1C(=O)N[C@@H]1C=Cc1ccccc1)C(=O)OCc1ccccc1. The van der Waals surface area contributed by atoms with E-state index in [0.717, 1.165) is 21.6 Å². The fraction of sp³-hybridized carbons (Fsp3) is 0.226. The second-order valence-electron chi connectivity index (χ2n) is 9.28. The van der Waals surface area contributed by atoms with Crippen molar-refractivity contribution in [3.8, 4) is 0 Å². The number of ether oxygens (including phenoxy) is 2. The van der Waals surface area contributed by atoms with Crippen molar-refractivity contribution in [2.75, 3.05) is 6.54 Å². The second-order valence-corrected chi connectivity index (χ2v) is 9.28. The van der Waals surface area contributed by atoms with Gasteiger partial charge < -0.3 is 14.8 Å². The lowest BCUT2D eigenvalue weighted by Crippen LogP contribution is -2.57. The average molecular weight is 541 g/mol. The van der Waals surface area contributed by atoms with Crippen molar-refractivity contribution >= 4 is 30.1 Å². The minimum Gasteiger partial charge on any atom is -0.444 e. The predicted octanol–water partition coefficient (Wildman–Crippen LogP) is 5.09. The number of amides is 3. The Kier molecular flexibility index (Phi) is 10.0. The molecule has 9 heteroatoms. The maximum atomic E-state index is 12.9. The summed E-state index contributed by atoms with van der Waals surface area (Å²) in [6.45, 7) is 0.108. The Morgan fingerprint density at radius 1 is 0.875 bits per heavy atom. The molecule has 4 rings (SSSR count). The highest BCUT2D eigenvalue weighted by Gasteiger charge is 2.37. The maximum Gasteiger partial charge on any atom is 0.416 e. The number of β-lactam (4-membered cyclic amide) rings is 1. The van der Waals surface area contributed by atoms with Crippen molar-refractivity contribution in [1.29, 1.82) is 5.41 Å². The van der Waals surface area contributed by atoms with Gasteiger partial charge in [-0.1, -0.05) is 103 Å². The Bertz CT molecular complexity index is 1320. The largest absolute Gasteiger partial charge is 0.444 e. The van der Waals surface area contributed by atoms with Gasteiger partial charge in [0.05, 0.1) is 12.0 Å². The standard InChI is InChI=1S/C31H32N4O5/c32-29(34-30(37)39-21-24-13-6-2-7-14-24)35(31(38)40-22-25-15-8-3-9-16-25)20-10-17-26-27(33-28(26)36)19-18-23-11-4-1-5-12-23/h1-9,11-16,18-19,26-27H,10,17,20-22H2,(H,33,36)(H2,32,34,37)/t26-,27-/m1/s1. The van der Waals surface area contributed by atoms with Crippen LogP contribution in [0.4, 0.5) is 9.59 Å². The molecule has 2 atom stereocenters. The van der Waals surface area contributed by atoms with Gasteiger partial charge in [-0.15, -0.1) is 0 Å². The van der Waals surface area contributed by atoms with Crippen LogP contribution in [-0.2, 0) is 27.5 Å². The summed E-state index contributed by atoms with van der Waals surface area (Å²) in [7, 11) is 0. The van der Waals surface area contributed by atoms with Crippen molar-refractivity contribution in [2.45, 2.75) is 32.1 Å². The summed E-state index contributed by atoms with van der Waals surface area (Å²) in [6.07, 6.45) is 3.18. The number of carbonyl (C=O) groups is 3. The minimum atomic E-state index is -0.862. The highest BCUT2D eigenvalue weighted by Crippen LogP contribution is 2.23. The van der Waals surface area contributed by atoms with Gasteiger partial charge in [-0.25, -0.2) is 14.5 Å². The first kappa shape index (κ1) is 28.1. The first-order chi connectivity index (χ1) is 19.5. The second kappa shape index (κ2) is 14.3. The van der Waals surface area contributed by atoms with Gasteiger partial charge in [-0.05, 0) is 29.5 Å². The Hall–Kier alpha value is -4.92. The molecule has 3 aromatic carbocycles. The van der Waals surface area contributed by atoms with E-state index in [-0.39, 0.29) is 37.6 Å². The molecule has 0 unspecified atom stereocenters. The lowest BCUT2D eigenvalue weighted by atomic mass is 9.86. The van der Waals surface area contributed by atoms with Crippen LogP contribution in [0.5, 0.6) is 0 Å². The molecule has 3 amide bonds. The molecule has 1 heterocycles. The fourth-order valence-electron chi connectivity index (χ4n) is 4.19. The molecular weight excluding hydrogens is 508 g/mol. The van der Waals surface area contributed by atoms with Gasteiger partial charge in [0.15, 0.2) is 0 Å². The Morgan fingerprint density at radius 2 is 1.45 bits per heavy atom. The highest BCUT2D eigenvalue weighted by molar-refractivity contribution is 5.99. The van der Waals surface area contributed by atoms with Gasteiger partial charge >= 0.3 is 12.2 Å². The molecule has 0 saturated carbocycles. The number of rotatable bonds is 10. The number of nitrogens with zero attached hydrogens (tertiary/aromatic N) is 1. The van der Waals surface area contributed by atoms with Crippen molar-refractivity contribution in [1.82, 2.24) is 15.5 Å². The van der Waals surface area contributed by atoms with Crippen LogP contribution >= 0.6 is 0 Å². The maximum absolute atomic E-state index is 12.9. The number of alkyl carbamates (subject to hydrolysis) is 1. The van der Waals surface area contributed by atoms with Crippen molar-refractivity contribution < 1.29 is 23.9 Å². The quantitative estimate of drug-likeness (QED) is 0.188. The van der Waals surface area contributed by atoms with Crippen molar-refractivity contribution in [3.05, 3.63) is 114 Å². The predicted molar refractivity (Wildman–Crippen MR) is 151 cm³/mol. The average Bonchev–Trinajstić information content (AvgIpc) is 2.98. The number of carbonyl (C=O) groups excluding carboxylic acids is 3. The first-order valence-electron chi connectivity index (χ1n) is 13.1. The summed E-state index contributed by atoms with van der Waals surface area (Å²) in [5, 5.41) is 13.6. The van der Waals surface area contributed by atoms with Gasteiger partial charge in [0.2, 0.25) is 11.9 Å². The van der Waals surface area contributed by atoms with Gasteiger partial charge in [0.1, 0.15) is 13.2 Å². The Morgan fingerprint density at radius 3 is 2.05 bits per heavy atom. The molecule has 1 saturated heterocycles. The van der Waals surface area contributed by atoms with Crippen molar-refractivity contribution in [3.63, 3.8) is 0 Å². The normalized spacial score (nSPS) is 15.9. The molecule has 40 heavy (non-hydrogen) atoms. The van der Waals surface area contributed by atoms with E-state index in [4.69, 9.17) is 14.9 Å². The molecule has 0 radical (unpaired) electrons. The van der Waals surface area contributed by atoms with E-state index in [1.807, 2.05) is 103 Å². The molecule has 1 fully saturated rings. The third-order valence-electron chi connectivity index (χ3n) is 6.40. The Labute approximate surface area is 233 Å². The molecule has 3 N–H and O–H groups in total. The lowest BCUT2D eigenvalue weighted by Gasteiger charge is -2.35. The first-order valence-corrected chi connectivity index (χ1v) is 13.1. The summed E-state index contributed by atoms with van der Waals surface area (Å²) in [6, 6.07) is 28.0. The van der Waals surface area contributed by atoms with Gasteiger partial charge in [0, 0.05) is 6.54 Å². The van der Waals surface area contributed by atoms with E-state index in [1.165, 1.54) is 0 Å². The molecule has 9 nitrogen and oxygen atoms in total. The van der Waals surface area contributed by atoms with E-state index in [1.54, 1.807) is 0 Å². The van der Waals surface area contributed by atoms with Gasteiger partial charge in [-0.2, -0.15) is 0 Å². The third kappa shape index (κ3) is 8.29. The summed E-state index contributed by atoms with van der Waals surface area (Å²) in [5.41, 5.74) is 2.61. The van der Waals surface area contributed by atoms with E-state index in [2.05, 4.69) is 10.6 Å². The van der Waals surface area contributed by atoms with Crippen LogP contribution in [0.1, 0.15) is 29.5 Å². The number of hydrogen-bond acceptors (Lipinski definition) is 6. The molecule has 0 bridgehead atoms. The van der Waals surface area contributed by atoms with Crippen LogP contribution in [0.25, 0.3) is 6.08 Å². The van der Waals surface area contributed by atoms with E-state index < -0.39 is 18.1 Å². The van der Waals surface area contributed by atoms with Crippen LogP contribution in [-0.4, -0.2) is 41.5 Å². The van der Waals surface area contributed by atoms with Gasteiger partial charge in [0.25, 0.3) is 0 Å². The van der Waals surface area contributed by atoms with Crippen LogP contribution in [0.3, 0.4) is 0 Å². The molecule has 206 valence electrons. The topological polar surface area (TPSA) is 121 Å². The van der Waals surface area contributed by atoms with Crippen LogP contribution < -0.4 is 10.6 Å². The number of guanidine groups is 1. The molecule has 0 aliphatic carbocycles. The van der Waals surface area contributed by atoms with E-state index >= 15 is 0 Å². The minimum absolute atomic E-state index is 0.0132. The van der Waals surface area contributed by atoms with Crippen molar-refractivity contribution in [2.24, 2.45) is 5.92 Å². The smallest absolute Gasteiger partial charge is 0.416 e. The lowest BCUT2D eigenvalue weighted by molar-refractivity contribution is -0.133. The summed E-state index contributed by atoms with van der Waals surface area (Å²) in [4.78, 5) is 38.5. The van der Waals surface area contributed by atoms with Crippen LogP contribution in [0, 0.1) is 11.3 Å². The number of hydrogen-bond donors (Lipinski definition) is 3. The highest BCUT2D eigenvalue weighted by atomic mass is 16.6.